The van der Waals surface area contributed by atoms with Crippen molar-refractivity contribution in [2.24, 2.45) is 0 Å². The number of morpholine rings is 1. The average molecular weight is 653 g/mol. The molecule has 2 aromatic rings. The Morgan fingerprint density at radius 3 is 1.21 bits per heavy atom. The Morgan fingerprint density at radius 1 is 0.684 bits per heavy atom. The molecule has 214 valence electrons. The molecular weight excluding hydrogens is 608 g/mol. The number of nitrogens with one attached hydrogen (secondary N) is 1. The molecule has 0 atom stereocenters. The molecule has 0 saturated carbocycles. The van der Waals surface area contributed by atoms with Crippen molar-refractivity contribution in [3.63, 3.8) is 0 Å². The van der Waals surface area contributed by atoms with Crippen LogP contribution in [0.25, 0.3) is 0 Å². The molecule has 4 nitrogen and oxygen atoms in total. The van der Waals surface area contributed by atoms with Gasteiger partial charge in [0.05, 0.1) is 24.6 Å². The molecule has 1 fully saturated rings. The van der Waals surface area contributed by atoms with E-state index in [9.17, 15) is 0 Å². The minimum atomic E-state index is -0.106. The van der Waals surface area contributed by atoms with Crippen LogP contribution in [0.4, 0.5) is 11.4 Å². The summed E-state index contributed by atoms with van der Waals surface area (Å²) in [7, 11) is 9.63. The Hall–Kier alpha value is -1.06. The van der Waals surface area contributed by atoms with Gasteiger partial charge in [-0.3, -0.25) is 0 Å². The number of halogens is 2. The van der Waals surface area contributed by atoms with Gasteiger partial charge in [0.1, 0.15) is 0 Å². The monoisotopic (exact) mass is 651 g/mol. The number of benzene rings is 2. The Morgan fingerprint density at radius 2 is 1.00 bits per heavy atom. The maximum absolute atomic E-state index is 5.01. The van der Waals surface area contributed by atoms with Crippen LogP contribution in [-0.2, 0) is 20.7 Å². The fourth-order valence-electron chi connectivity index (χ4n) is 4.66. The summed E-state index contributed by atoms with van der Waals surface area (Å²) in [4.78, 5) is 4.40. The predicted molar refractivity (Wildman–Crippen MR) is 162 cm³/mol. The second-order valence-electron chi connectivity index (χ2n) is 10.7. The van der Waals surface area contributed by atoms with E-state index in [1.165, 1.54) is 33.6 Å². The summed E-state index contributed by atoms with van der Waals surface area (Å²) in [6.07, 6.45) is 4.32. The van der Waals surface area contributed by atoms with Crippen molar-refractivity contribution in [2.45, 2.75) is 79.1 Å². The van der Waals surface area contributed by atoms with E-state index < -0.39 is 0 Å². The van der Waals surface area contributed by atoms with E-state index >= 15 is 0 Å². The number of ether oxygens (including phenoxy) is 1. The van der Waals surface area contributed by atoms with Gasteiger partial charge < -0.3 is 19.9 Å². The van der Waals surface area contributed by atoms with Crippen molar-refractivity contribution in [3.05, 3.63) is 77.7 Å². The van der Waals surface area contributed by atoms with Crippen LogP contribution in [-0.4, -0.2) is 26.3 Å². The van der Waals surface area contributed by atoms with E-state index in [2.05, 4.69) is 126 Å². The van der Waals surface area contributed by atoms with Gasteiger partial charge in [-0.05, 0) is 45.9 Å². The maximum atomic E-state index is 5.01. The standard InChI is InChI=1S/C27H36N2.C4H9NO.2ClH.Pd/c1-18(2)22-11-9-12-23(19(3)4)26(22)28-15-16-29(17-28)27-24(20(5)6)13-10-14-25(27)21(7)8;1-3-6-4-2-5-1;;;/h9-16,18-21H,1-8H3;5H,1-4H2;2*1H;/q;;;;+2/p-2. The van der Waals surface area contributed by atoms with Crippen molar-refractivity contribution < 1.29 is 20.7 Å². The molecule has 2 aromatic carbocycles. The van der Waals surface area contributed by atoms with Gasteiger partial charge in [0.25, 0.3) is 0 Å². The van der Waals surface area contributed by atoms with Gasteiger partial charge in [-0.25, -0.2) is 0 Å². The second kappa shape index (κ2) is 16.9. The van der Waals surface area contributed by atoms with Crippen molar-refractivity contribution in [3.8, 4) is 0 Å². The van der Waals surface area contributed by atoms with E-state index in [0.29, 0.717) is 23.7 Å². The normalized spacial score (nSPS) is 15.3. The molecule has 0 spiro atoms. The fraction of sp³-hybridized carbons (Fsp3) is 0.516. The Bertz CT molecular complexity index is 871. The van der Waals surface area contributed by atoms with Crippen LogP contribution in [0.1, 0.15) is 101 Å². The second-order valence-corrected chi connectivity index (χ2v) is 13.1. The molecule has 2 heterocycles. The van der Waals surface area contributed by atoms with Crippen molar-refractivity contribution in [1.29, 1.82) is 0 Å². The third-order valence-electron chi connectivity index (χ3n) is 6.59. The summed E-state index contributed by atoms with van der Waals surface area (Å²) in [5, 5.41) is 3.16. The molecule has 0 unspecified atom stereocenters. The van der Waals surface area contributed by atoms with Crippen LogP contribution in [0.15, 0.2) is 48.8 Å². The third kappa shape index (κ3) is 9.26. The Balaban J connectivity index is 0.000000480. The van der Waals surface area contributed by atoms with Gasteiger partial charge in [0, 0.05) is 25.5 Å². The van der Waals surface area contributed by atoms with E-state index in [1.807, 2.05) is 0 Å². The van der Waals surface area contributed by atoms with Crippen molar-refractivity contribution in [1.82, 2.24) is 5.32 Å². The molecule has 2 aliphatic rings. The summed E-state index contributed by atoms with van der Waals surface area (Å²) in [5.41, 5.74) is 8.05. The molecule has 7 heteroatoms. The summed E-state index contributed by atoms with van der Waals surface area (Å²) < 4.78 is 5.01. The molecule has 1 N–H and O–H groups in total. The average Bonchev–Trinajstić information content (AvgIpc) is 3.39. The van der Waals surface area contributed by atoms with E-state index in [1.54, 1.807) is 0 Å². The molecule has 0 amide bonds. The van der Waals surface area contributed by atoms with E-state index in [4.69, 9.17) is 23.8 Å². The zero-order valence-corrected chi connectivity index (χ0v) is 27.2. The first-order chi connectivity index (χ1) is 18.1. The quantitative estimate of drug-likeness (QED) is 0.316. The van der Waals surface area contributed by atoms with Crippen LogP contribution in [0.2, 0.25) is 0 Å². The van der Waals surface area contributed by atoms with Crippen molar-refractivity contribution in [2.75, 3.05) is 36.1 Å². The molecule has 0 aromatic heterocycles. The van der Waals surface area contributed by atoms with Gasteiger partial charge in [-0.15, -0.1) is 0 Å². The topological polar surface area (TPSA) is 27.7 Å². The number of anilines is 2. The summed E-state index contributed by atoms with van der Waals surface area (Å²) in [6.45, 7) is 25.6. The number of nitrogens with zero attached hydrogens (tertiary/aromatic N) is 2. The molecular formula is C31H45Cl2N3OPd. The fourth-order valence-corrected chi connectivity index (χ4v) is 4.66. The molecule has 0 bridgehead atoms. The summed E-state index contributed by atoms with van der Waals surface area (Å²) in [5.74, 6) is 1.84. The first-order valence-electron chi connectivity index (χ1n) is 13.5. The third-order valence-corrected chi connectivity index (χ3v) is 6.59. The van der Waals surface area contributed by atoms with Gasteiger partial charge in [-0.2, -0.15) is 0 Å². The number of hydrogen-bond acceptors (Lipinski definition) is 4. The van der Waals surface area contributed by atoms with Gasteiger partial charge in [0.15, 0.2) is 0 Å². The van der Waals surface area contributed by atoms with Crippen LogP contribution in [0, 0.1) is 6.67 Å². The summed E-state index contributed by atoms with van der Waals surface area (Å²) >= 11 is -0.106. The zero-order valence-electron chi connectivity index (χ0n) is 24.1. The molecule has 4 rings (SSSR count). The first-order valence-corrected chi connectivity index (χ1v) is 17.5. The van der Waals surface area contributed by atoms with Crippen LogP contribution in [0.3, 0.4) is 0 Å². The molecule has 1 saturated heterocycles. The SMILES string of the molecule is C1COCCN1.CC(C)c1cccc(C(C)C)c1N1[C]N(c2c(C(C)C)cccc2C(C)C)C=C1.[Cl][Pd][Cl]. The van der Waals surface area contributed by atoms with Gasteiger partial charge in [-0.1, -0.05) is 91.8 Å². The Kier molecular flexibility index (Phi) is 14.8. The zero-order chi connectivity index (χ0) is 28.2. The molecule has 38 heavy (non-hydrogen) atoms. The van der Waals surface area contributed by atoms with Crippen LogP contribution >= 0.6 is 19.1 Å². The molecule has 2 aliphatic heterocycles. The Labute approximate surface area is 248 Å². The molecule has 0 aliphatic carbocycles. The number of hydrogen-bond donors (Lipinski definition) is 1. The van der Waals surface area contributed by atoms with Crippen LogP contribution in [0.5, 0.6) is 0 Å². The molecule has 2 radical (unpaired) electrons. The first kappa shape index (κ1) is 33.2. The predicted octanol–water partition coefficient (Wildman–Crippen LogP) is 8.96. The number of rotatable bonds is 6. The summed E-state index contributed by atoms with van der Waals surface area (Å²) in [6, 6.07) is 13.4. The number of para-hydroxylation sites is 2. The van der Waals surface area contributed by atoms with Crippen molar-refractivity contribution >= 4 is 30.4 Å². The van der Waals surface area contributed by atoms with E-state index in [-0.39, 0.29) is 15.9 Å². The van der Waals surface area contributed by atoms with Gasteiger partial charge in [0.2, 0.25) is 6.67 Å². The van der Waals surface area contributed by atoms with Gasteiger partial charge >= 0.3 is 35.0 Å². The van der Waals surface area contributed by atoms with E-state index in [0.717, 1.165) is 26.3 Å². The minimum absolute atomic E-state index is 0.106. The van der Waals surface area contributed by atoms with Crippen LogP contribution < -0.4 is 15.1 Å².